The van der Waals surface area contributed by atoms with Gasteiger partial charge in [-0.15, -0.1) is 0 Å². The molecule has 0 spiro atoms. The predicted molar refractivity (Wildman–Crippen MR) is 66.7 cm³/mol. The van der Waals surface area contributed by atoms with Gasteiger partial charge in [-0.1, -0.05) is 0 Å². The zero-order chi connectivity index (χ0) is 14.9. The first-order valence-electron chi connectivity index (χ1n) is 6.53. The highest BCUT2D eigenvalue weighted by Crippen LogP contribution is 2.25. The molecule has 1 heterocycles. The number of carbonyl (C=O) groups is 1. The van der Waals surface area contributed by atoms with Crippen LogP contribution in [0.1, 0.15) is 36.5 Å². The van der Waals surface area contributed by atoms with Gasteiger partial charge in [0.05, 0.1) is 11.7 Å². The first kappa shape index (κ1) is 14.8. The van der Waals surface area contributed by atoms with Crippen molar-refractivity contribution in [1.82, 2.24) is 4.90 Å². The first-order valence-corrected chi connectivity index (χ1v) is 6.53. The minimum absolute atomic E-state index is 0.199. The van der Waals surface area contributed by atoms with Gasteiger partial charge in [0.15, 0.2) is 11.6 Å². The minimum atomic E-state index is -1.32. The molecule has 1 saturated heterocycles. The van der Waals surface area contributed by atoms with E-state index in [4.69, 9.17) is 0 Å². The maximum Gasteiger partial charge on any atom is 0.257 e. The molecule has 20 heavy (non-hydrogen) atoms. The molecule has 2 rings (SSSR count). The molecule has 6 heteroatoms. The molecule has 110 valence electrons. The first-order chi connectivity index (χ1) is 9.40. The second kappa shape index (κ2) is 5.83. The monoisotopic (exact) mass is 287 g/mol. The number of likely N-dealkylation sites (tertiary alicyclic amines) is 1. The lowest BCUT2D eigenvalue weighted by molar-refractivity contribution is 0.0677. The maximum atomic E-state index is 13.6. The number of aliphatic hydroxyl groups excluding tert-OH is 1. The summed E-state index contributed by atoms with van der Waals surface area (Å²) in [4.78, 5) is 13.7. The van der Waals surface area contributed by atoms with Crippen molar-refractivity contribution in [3.63, 3.8) is 0 Å². The molecule has 1 aliphatic rings. The van der Waals surface area contributed by atoms with Crippen molar-refractivity contribution in [2.24, 2.45) is 0 Å². The number of aliphatic hydroxyl groups is 1. The number of nitrogens with zero attached hydrogens (tertiary/aromatic N) is 1. The molecule has 1 amide bonds. The van der Waals surface area contributed by atoms with Gasteiger partial charge in [0.25, 0.3) is 5.91 Å². The summed E-state index contributed by atoms with van der Waals surface area (Å²) < 4.78 is 39.7. The average molecular weight is 287 g/mol. The Balaban J connectivity index is 2.24. The highest BCUT2D eigenvalue weighted by atomic mass is 19.2. The minimum Gasteiger partial charge on any atom is -0.393 e. The van der Waals surface area contributed by atoms with Crippen LogP contribution >= 0.6 is 0 Å². The Morgan fingerprint density at radius 2 is 2.00 bits per heavy atom. The van der Waals surface area contributed by atoms with Crippen LogP contribution in [0.15, 0.2) is 12.1 Å². The summed E-state index contributed by atoms with van der Waals surface area (Å²) in [7, 11) is 0. The molecular weight excluding hydrogens is 271 g/mol. The topological polar surface area (TPSA) is 40.5 Å². The molecule has 1 aliphatic heterocycles. The summed E-state index contributed by atoms with van der Waals surface area (Å²) in [6.07, 6.45) is 1.26. The molecule has 1 N–H and O–H groups in total. The molecule has 1 aromatic rings. The van der Waals surface area contributed by atoms with E-state index in [0.29, 0.717) is 31.5 Å². The molecule has 2 atom stereocenters. The largest absolute Gasteiger partial charge is 0.393 e. The predicted octanol–water partition coefficient (Wildman–Crippen LogP) is 2.48. The number of carbonyl (C=O) groups excluding carboxylic acids is 1. The number of rotatable bonds is 3. The fraction of sp³-hybridized carbons (Fsp3) is 0.500. The standard InChI is InChI=1S/C14H16F3NO2/c1-8(19)5-9-3-2-4-18(9)14(20)10-6-12(16)13(17)7-11(10)15/h6-9,19H,2-5H2,1H3. The quantitative estimate of drug-likeness (QED) is 0.868. The van der Waals surface area contributed by atoms with E-state index in [0.717, 1.165) is 6.42 Å². The van der Waals surface area contributed by atoms with Crippen LogP contribution in [0.3, 0.4) is 0 Å². The van der Waals surface area contributed by atoms with Gasteiger partial charge in [-0.2, -0.15) is 0 Å². The molecule has 1 aromatic carbocycles. The second-order valence-electron chi connectivity index (χ2n) is 5.13. The van der Waals surface area contributed by atoms with Crippen LogP contribution in [0.5, 0.6) is 0 Å². The van der Waals surface area contributed by atoms with Crippen LogP contribution in [0.2, 0.25) is 0 Å². The molecular formula is C14H16F3NO2. The molecule has 0 aliphatic carbocycles. The van der Waals surface area contributed by atoms with Gasteiger partial charge >= 0.3 is 0 Å². The highest BCUT2D eigenvalue weighted by Gasteiger charge is 2.31. The number of hydrogen-bond acceptors (Lipinski definition) is 2. The van der Waals surface area contributed by atoms with E-state index in [1.54, 1.807) is 6.92 Å². The zero-order valence-corrected chi connectivity index (χ0v) is 11.1. The van der Waals surface area contributed by atoms with Crippen molar-refractivity contribution in [3.05, 3.63) is 35.1 Å². The summed E-state index contributed by atoms with van der Waals surface area (Å²) in [6, 6.07) is 0.766. The van der Waals surface area contributed by atoms with Crippen molar-refractivity contribution in [3.8, 4) is 0 Å². The van der Waals surface area contributed by atoms with Gasteiger partial charge in [-0.25, -0.2) is 13.2 Å². The van der Waals surface area contributed by atoms with Gasteiger partial charge < -0.3 is 10.0 Å². The normalized spacial score (nSPS) is 20.2. The Morgan fingerprint density at radius 1 is 1.35 bits per heavy atom. The third-order valence-electron chi connectivity index (χ3n) is 3.49. The van der Waals surface area contributed by atoms with Gasteiger partial charge in [0.1, 0.15) is 5.82 Å². The fourth-order valence-corrected chi connectivity index (χ4v) is 2.58. The lowest BCUT2D eigenvalue weighted by Gasteiger charge is -2.26. The zero-order valence-electron chi connectivity index (χ0n) is 11.1. The Labute approximate surface area is 115 Å². The van der Waals surface area contributed by atoms with Crippen LogP contribution in [0.4, 0.5) is 13.2 Å². The summed E-state index contributed by atoms with van der Waals surface area (Å²) in [5.74, 6) is -4.30. The molecule has 0 radical (unpaired) electrons. The molecule has 0 aromatic heterocycles. The summed E-state index contributed by atoms with van der Waals surface area (Å²) in [6.45, 7) is 2.04. The number of amides is 1. The Bertz CT molecular complexity index is 519. The summed E-state index contributed by atoms with van der Waals surface area (Å²) in [5.41, 5.74) is -0.471. The SMILES string of the molecule is CC(O)CC1CCCN1C(=O)c1cc(F)c(F)cc1F. The number of hydrogen-bond donors (Lipinski definition) is 1. The number of benzene rings is 1. The van der Waals surface area contributed by atoms with E-state index < -0.39 is 35.0 Å². The van der Waals surface area contributed by atoms with Gasteiger partial charge in [0, 0.05) is 18.7 Å². The molecule has 2 unspecified atom stereocenters. The van der Waals surface area contributed by atoms with Crippen LogP contribution in [-0.2, 0) is 0 Å². The Kier molecular flexibility index (Phi) is 4.32. The van der Waals surface area contributed by atoms with E-state index in [-0.39, 0.29) is 6.04 Å². The van der Waals surface area contributed by atoms with Gasteiger partial charge in [-0.3, -0.25) is 4.79 Å². The fourth-order valence-electron chi connectivity index (χ4n) is 2.58. The van der Waals surface area contributed by atoms with E-state index in [2.05, 4.69) is 0 Å². The van der Waals surface area contributed by atoms with Crippen LogP contribution in [0, 0.1) is 17.5 Å². The third kappa shape index (κ3) is 2.95. The Morgan fingerprint density at radius 3 is 2.65 bits per heavy atom. The summed E-state index contributed by atoms with van der Waals surface area (Å²) >= 11 is 0. The van der Waals surface area contributed by atoms with E-state index in [9.17, 15) is 23.1 Å². The Hall–Kier alpha value is -1.56. The van der Waals surface area contributed by atoms with Crippen molar-refractivity contribution in [2.45, 2.75) is 38.3 Å². The van der Waals surface area contributed by atoms with Crippen LogP contribution in [-0.4, -0.2) is 34.6 Å². The maximum absolute atomic E-state index is 13.6. The van der Waals surface area contributed by atoms with Crippen molar-refractivity contribution in [2.75, 3.05) is 6.54 Å². The average Bonchev–Trinajstić information content (AvgIpc) is 2.80. The number of halogens is 3. The smallest absolute Gasteiger partial charge is 0.257 e. The van der Waals surface area contributed by atoms with Crippen molar-refractivity contribution in [1.29, 1.82) is 0 Å². The third-order valence-corrected chi connectivity index (χ3v) is 3.49. The van der Waals surface area contributed by atoms with Crippen molar-refractivity contribution >= 4 is 5.91 Å². The summed E-state index contributed by atoms with van der Waals surface area (Å²) in [5, 5.41) is 9.40. The van der Waals surface area contributed by atoms with Crippen molar-refractivity contribution < 1.29 is 23.1 Å². The molecule has 3 nitrogen and oxygen atoms in total. The van der Waals surface area contributed by atoms with E-state index in [1.807, 2.05) is 0 Å². The molecule has 1 fully saturated rings. The van der Waals surface area contributed by atoms with E-state index in [1.165, 1.54) is 4.90 Å². The van der Waals surface area contributed by atoms with Crippen LogP contribution in [0.25, 0.3) is 0 Å². The molecule has 0 saturated carbocycles. The second-order valence-corrected chi connectivity index (χ2v) is 5.13. The van der Waals surface area contributed by atoms with Gasteiger partial charge in [0.2, 0.25) is 0 Å². The van der Waals surface area contributed by atoms with Crippen LogP contribution < -0.4 is 0 Å². The van der Waals surface area contributed by atoms with E-state index >= 15 is 0 Å². The lowest BCUT2D eigenvalue weighted by Crippen LogP contribution is -2.37. The highest BCUT2D eigenvalue weighted by molar-refractivity contribution is 5.94. The van der Waals surface area contributed by atoms with Gasteiger partial charge in [-0.05, 0) is 32.3 Å². The lowest BCUT2D eigenvalue weighted by atomic mass is 10.1. The molecule has 0 bridgehead atoms.